The third kappa shape index (κ3) is 4.97. The quantitative estimate of drug-likeness (QED) is 0.645. The van der Waals surface area contributed by atoms with Gasteiger partial charge in [-0.25, -0.2) is 4.79 Å². The lowest BCUT2D eigenvalue weighted by Gasteiger charge is -2.25. The van der Waals surface area contributed by atoms with Gasteiger partial charge in [-0.3, -0.25) is 0 Å². The third-order valence-electron chi connectivity index (χ3n) is 3.35. The van der Waals surface area contributed by atoms with Crippen molar-refractivity contribution in [3.05, 3.63) is 0 Å². The van der Waals surface area contributed by atoms with E-state index in [0.717, 1.165) is 13.1 Å². The molecule has 6 nitrogen and oxygen atoms in total. The number of likely N-dealkylation sites (N-methyl/N-ethyl adjacent to an activating group) is 1. The van der Waals surface area contributed by atoms with Crippen LogP contribution in [0.4, 0.5) is 4.79 Å². The molecule has 6 heteroatoms. The SMILES string of the molecule is CCN(CC)CC1OCC(NC(=O)NC(C)C)C1O. The number of carbonyl (C=O) groups is 1. The largest absolute Gasteiger partial charge is 0.388 e. The summed E-state index contributed by atoms with van der Waals surface area (Å²) in [5.74, 6) is 0. The molecular formula is C13H27N3O3. The Morgan fingerprint density at radius 1 is 1.42 bits per heavy atom. The summed E-state index contributed by atoms with van der Waals surface area (Å²) < 4.78 is 5.58. The van der Waals surface area contributed by atoms with Crippen LogP contribution in [-0.4, -0.2) is 66.6 Å². The minimum Gasteiger partial charge on any atom is -0.388 e. The summed E-state index contributed by atoms with van der Waals surface area (Å²) in [5, 5.41) is 15.7. The van der Waals surface area contributed by atoms with Crippen LogP contribution >= 0.6 is 0 Å². The van der Waals surface area contributed by atoms with Gasteiger partial charge < -0.3 is 25.4 Å². The van der Waals surface area contributed by atoms with Crippen molar-refractivity contribution < 1.29 is 14.6 Å². The minimum absolute atomic E-state index is 0.0749. The molecule has 0 aromatic heterocycles. The molecule has 0 aromatic rings. The molecular weight excluding hydrogens is 246 g/mol. The van der Waals surface area contributed by atoms with Gasteiger partial charge in [-0.05, 0) is 26.9 Å². The van der Waals surface area contributed by atoms with Crippen LogP contribution in [0.25, 0.3) is 0 Å². The molecule has 2 amide bonds. The molecule has 1 rings (SSSR count). The van der Waals surface area contributed by atoms with Crippen LogP contribution in [0, 0.1) is 0 Å². The topological polar surface area (TPSA) is 73.8 Å². The highest BCUT2D eigenvalue weighted by Crippen LogP contribution is 2.15. The Morgan fingerprint density at radius 3 is 2.58 bits per heavy atom. The van der Waals surface area contributed by atoms with Gasteiger partial charge in [-0.15, -0.1) is 0 Å². The first-order valence-corrected chi connectivity index (χ1v) is 7.06. The Balaban J connectivity index is 2.42. The highest BCUT2D eigenvalue weighted by molar-refractivity contribution is 5.74. The van der Waals surface area contributed by atoms with E-state index in [9.17, 15) is 9.90 Å². The number of nitrogens with zero attached hydrogens (tertiary/aromatic N) is 1. The zero-order chi connectivity index (χ0) is 14.4. The normalized spacial score (nSPS) is 27.0. The van der Waals surface area contributed by atoms with E-state index in [4.69, 9.17) is 4.74 Å². The highest BCUT2D eigenvalue weighted by atomic mass is 16.5. The van der Waals surface area contributed by atoms with Crippen molar-refractivity contribution in [1.82, 2.24) is 15.5 Å². The van der Waals surface area contributed by atoms with Crippen LogP contribution in [0.3, 0.4) is 0 Å². The first kappa shape index (κ1) is 16.2. The fourth-order valence-corrected chi connectivity index (χ4v) is 2.18. The van der Waals surface area contributed by atoms with Gasteiger partial charge in [0.2, 0.25) is 0 Å². The van der Waals surface area contributed by atoms with Gasteiger partial charge >= 0.3 is 6.03 Å². The Labute approximate surface area is 115 Å². The van der Waals surface area contributed by atoms with E-state index < -0.39 is 6.10 Å². The lowest BCUT2D eigenvalue weighted by atomic mass is 10.1. The van der Waals surface area contributed by atoms with Crippen molar-refractivity contribution >= 4 is 6.03 Å². The van der Waals surface area contributed by atoms with Gasteiger partial charge in [0.25, 0.3) is 0 Å². The van der Waals surface area contributed by atoms with Gasteiger partial charge in [0.05, 0.1) is 18.8 Å². The molecule has 3 N–H and O–H groups in total. The molecule has 0 aromatic carbocycles. The van der Waals surface area contributed by atoms with Crippen molar-refractivity contribution in [2.24, 2.45) is 0 Å². The summed E-state index contributed by atoms with van der Waals surface area (Å²) >= 11 is 0. The fraction of sp³-hybridized carbons (Fsp3) is 0.923. The minimum atomic E-state index is -0.654. The van der Waals surface area contributed by atoms with Crippen LogP contribution in [0.2, 0.25) is 0 Å². The van der Waals surface area contributed by atoms with Crippen LogP contribution in [0.15, 0.2) is 0 Å². The maximum Gasteiger partial charge on any atom is 0.315 e. The molecule has 19 heavy (non-hydrogen) atoms. The van der Waals surface area contributed by atoms with Gasteiger partial charge in [-0.1, -0.05) is 13.8 Å². The van der Waals surface area contributed by atoms with Crippen LogP contribution in [0.5, 0.6) is 0 Å². The predicted molar refractivity (Wildman–Crippen MR) is 74.1 cm³/mol. The lowest BCUT2D eigenvalue weighted by Crippen LogP contribution is -2.50. The van der Waals surface area contributed by atoms with Crippen LogP contribution < -0.4 is 10.6 Å². The Morgan fingerprint density at radius 2 is 2.05 bits per heavy atom. The van der Waals surface area contributed by atoms with Crippen molar-refractivity contribution in [2.45, 2.75) is 52.0 Å². The number of urea groups is 1. The predicted octanol–water partition coefficient (Wildman–Crippen LogP) is 0.164. The van der Waals surface area contributed by atoms with Gasteiger partial charge in [-0.2, -0.15) is 0 Å². The monoisotopic (exact) mass is 273 g/mol. The zero-order valence-electron chi connectivity index (χ0n) is 12.3. The highest BCUT2D eigenvalue weighted by Gasteiger charge is 2.37. The second-order valence-corrected chi connectivity index (χ2v) is 5.23. The molecule has 0 bridgehead atoms. The summed E-state index contributed by atoms with van der Waals surface area (Å²) in [6.07, 6.45) is -0.886. The first-order valence-electron chi connectivity index (χ1n) is 7.06. The average molecular weight is 273 g/mol. The standard InChI is InChI=1S/C13H27N3O3/c1-5-16(6-2)7-11-12(17)10(8-19-11)15-13(18)14-9(3)4/h9-12,17H,5-8H2,1-4H3,(H2,14,15,18). The van der Waals surface area contributed by atoms with E-state index in [1.165, 1.54) is 0 Å². The average Bonchev–Trinajstić information content (AvgIpc) is 2.67. The first-order chi connectivity index (χ1) is 8.97. The van der Waals surface area contributed by atoms with Crippen molar-refractivity contribution in [3.8, 4) is 0 Å². The Bertz CT molecular complexity index is 282. The summed E-state index contributed by atoms with van der Waals surface area (Å²) in [4.78, 5) is 13.8. The smallest absolute Gasteiger partial charge is 0.315 e. The maximum atomic E-state index is 11.6. The van der Waals surface area contributed by atoms with Gasteiger partial charge in [0, 0.05) is 12.6 Å². The molecule has 112 valence electrons. The molecule has 0 radical (unpaired) electrons. The molecule has 0 aliphatic carbocycles. The van der Waals surface area contributed by atoms with Gasteiger partial charge in [0.1, 0.15) is 6.10 Å². The summed E-state index contributed by atoms with van der Waals surface area (Å²) in [5.41, 5.74) is 0. The van der Waals surface area contributed by atoms with Crippen LogP contribution in [0.1, 0.15) is 27.7 Å². The number of hydrogen-bond acceptors (Lipinski definition) is 4. The summed E-state index contributed by atoms with van der Waals surface area (Å²) in [7, 11) is 0. The summed E-state index contributed by atoms with van der Waals surface area (Å²) in [6.45, 7) is 10.8. The number of nitrogens with one attached hydrogen (secondary N) is 2. The lowest BCUT2D eigenvalue weighted by molar-refractivity contribution is 0.0173. The maximum absolute atomic E-state index is 11.6. The number of ether oxygens (including phenoxy) is 1. The van der Waals surface area contributed by atoms with E-state index in [2.05, 4.69) is 29.4 Å². The van der Waals surface area contributed by atoms with E-state index in [1.54, 1.807) is 0 Å². The molecule has 1 aliphatic heterocycles. The summed E-state index contributed by atoms with van der Waals surface area (Å²) in [6, 6.07) is -0.517. The van der Waals surface area contributed by atoms with Gasteiger partial charge in [0.15, 0.2) is 0 Å². The second-order valence-electron chi connectivity index (χ2n) is 5.23. The van der Waals surface area contributed by atoms with Crippen molar-refractivity contribution in [1.29, 1.82) is 0 Å². The number of aliphatic hydroxyl groups excluding tert-OH is 1. The second kappa shape index (κ2) is 7.67. The van der Waals surface area contributed by atoms with E-state index in [1.807, 2.05) is 13.8 Å². The molecule has 3 atom stereocenters. The molecule has 1 heterocycles. The molecule has 1 fully saturated rings. The van der Waals surface area contributed by atoms with Crippen molar-refractivity contribution in [2.75, 3.05) is 26.2 Å². The number of carbonyl (C=O) groups excluding carboxylic acids is 1. The van der Waals surface area contributed by atoms with E-state index in [-0.39, 0.29) is 24.2 Å². The van der Waals surface area contributed by atoms with Crippen LogP contribution in [-0.2, 0) is 4.74 Å². The third-order valence-corrected chi connectivity index (χ3v) is 3.35. The number of aliphatic hydroxyl groups is 1. The van der Waals surface area contributed by atoms with Crippen molar-refractivity contribution in [3.63, 3.8) is 0 Å². The zero-order valence-corrected chi connectivity index (χ0v) is 12.3. The molecule has 1 saturated heterocycles. The number of amides is 2. The Kier molecular flexibility index (Phi) is 6.54. The van der Waals surface area contributed by atoms with E-state index >= 15 is 0 Å². The molecule has 0 spiro atoms. The number of rotatable bonds is 6. The molecule has 0 saturated carbocycles. The molecule has 3 unspecified atom stereocenters. The van der Waals surface area contributed by atoms with E-state index in [0.29, 0.717) is 13.2 Å². The fourth-order valence-electron chi connectivity index (χ4n) is 2.18. The Hall–Kier alpha value is -0.850. The molecule has 1 aliphatic rings. The number of hydrogen-bond donors (Lipinski definition) is 3.